The molecule has 0 spiro atoms. The largest absolute Gasteiger partial charge is 0.0839 e. The van der Waals surface area contributed by atoms with Gasteiger partial charge in [0.2, 0.25) is 0 Å². The van der Waals surface area contributed by atoms with E-state index in [1.54, 1.807) is 0 Å². The Balaban J connectivity index is 2.70. The maximum Gasteiger partial charge on any atom is -0.0201 e. The van der Waals surface area contributed by atoms with E-state index < -0.39 is 0 Å². The van der Waals surface area contributed by atoms with Gasteiger partial charge in [0.25, 0.3) is 0 Å². The van der Waals surface area contributed by atoms with Gasteiger partial charge in [0.15, 0.2) is 0 Å². The molecule has 1 aromatic rings. The average molecular weight is 188 g/mol. The van der Waals surface area contributed by atoms with Gasteiger partial charge in [-0.25, -0.2) is 0 Å². The van der Waals surface area contributed by atoms with Crippen LogP contribution in [0.4, 0.5) is 0 Å². The third-order valence-corrected chi connectivity index (χ3v) is 2.55. The lowest BCUT2D eigenvalue weighted by atomic mass is 10.0. The number of aryl methyl sites for hydroxylation is 2. The Labute approximate surface area is 87.7 Å². The highest BCUT2D eigenvalue weighted by molar-refractivity contribution is 5.57. The summed E-state index contributed by atoms with van der Waals surface area (Å²) in [5, 5.41) is 0. The molecule has 0 heterocycles. The number of hydrogen-bond donors (Lipinski definition) is 0. The zero-order valence-corrected chi connectivity index (χ0v) is 9.51. The van der Waals surface area contributed by atoms with Gasteiger partial charge < -0.3 is 0 Å². The van der Waals surface area contributed by atoms with Crippen LogP contribution in [0, 0.1) is 13.8 Å². The predicted molar refractivity (Wildman–Crippen MR) is 64.5 cm³/mol. The SMILES string of the molecule is CCCCC=Cc1c(C)cccc1C. The highest BCUT2D eigenvalue weighted by atomic mass is 14.0. The molecule has 0 aromatic heterocycles. The zero-order valence-electron chi connectivity index (χ0n) is 9.51. The van der Waals surface area contributed by atoms with Crippen LogP contribution in [0.15, 0.2) is 24.3 Å². The summed E-state index contributed by atoms with van der Waals surface area (Å²) in [6.07, 6.45) is 8.32. The topological polar surface area (TPSA) is 0 Å². The maximum absolute atomic E-state index is 2.29. The minimum atomic E-state index is 1.20. The first kappa shape index (κ1) is 11.0. The molecule has 0 aliphatic rings. The molecular formula is C14H20. The Kier molecular flexibility index (Phi) is 4.45. The molecule has 0 fully saturated rings. The van der Waals surface area contributed by atoms with E-state index in [2.05, 4.69) is 51.1 Å². The van der Waals surface area contributed by atoms with Crippen LogP contribution >= 0.6 is 0 Å². The van der Waals surface area contributed by atoms with Crippen LogP contribution in [0.2, 0.25) is 0 Å². The molecule has 1 rings (SSSR count). The molecule has 0 saturated heterocycles. The number of rotatable bonds is 4. The minimum Gasteiger partial charge on any atom is -0.0839 e. The quantitative estimate of drug-likeness (QED) is 0.610. The summed E-state index contributed by atoms with van der Waals surface area (Å²) >= 11 is 0. The average Bonchev–Trinajstić information content (AvgIpc) is 2.16. The summed E-state index contributed by atoms with van der Waals surface area (Å²) in [5.74, 6) is 0. The second kappa shape index (κ2) is 5.64. The van der Waals surface area contributed by atoms with Gasteiger partial charge >= 0.3 is 0 Å². The molecule has 0 bridgehead atoms. The zero-order chi connectivity index (χ0) is 10.4. The van der Waals surface area contributed by atoms with E-state index in [4.69, 9.17) is 0 Å². The van der Waals surface area contributed by atoms with Gasteiger partial charge in [-0.15, -0.1) is 0 Å². The molecule has 0 nitrogen and oxygen atoms in total. The summed E-state index contributed by atoms with van der Waals surface area (Å²) < 4.78 is 0. The van der Waals surface area contributed by atoms with Crippen LogP contribution in [0.5, 0.6) is 0 Å². The second-order valence-electron chi connectivity index (χ2n) is 3.85. The van der Waals surface area contributed by atoms with Gasteiger partial charge in [0, 0.05) is 0 Å². The predicted octanol–water partition coefficient (Wildman–Crippen LogP) is 4.51. The monoisotopic (exact) mass is 188 g/mol. The summed E-state index contributed by atoms with van der Waals surface area (Å²) in [7, 11) is 0. The van der Waals surface area contributed by atoms with E-state index >= 15 is 0 Å². The molecule has 0 N–H and O–H groups in total. The molecule has 0 radical (unpaired) electrons. The molecular weight excluding hydrogens is 168 g/mol. The Bertz CT molecular complexity index is 288. The van der Waals surface area contributed by atoms with Crippen LogP contribution in [0.3, 0.4) is 0 Å². The van der Waals surface area contributed by atoms with Crippen molar-refractivity contribution in [2.45, 2.75) is 40.0 Å². The Morgan fingerprint density at radius 1 is 1.14 bits per heavy atom. The van der Waals surface area contributed by atoms with Gasteiger partial charge in [0.1, 0.15) is 0 Å². The summed E-state index contributed by atoms with van der Waals surface area (Å²) in [4.78, 5) is 0. The van der Waals surface area contributed by atoms with Crippen molar-refractivity contribution >= 4 is 6.08 Å². The van der Waals surface area contributed by atoms with Gasteiger partial charge in [0.05, 0.1) is 0 Å². The summed E-state index contributed by atoms with van der Waals surface area (Å²) in [6, 6.07) is 6.47. The van der Waals surface area contributed by atoms with E-state index in [9.17, 15) is 0 Å². The fraction of sp³-hybridized carbons (Fsp3) is 0.429. The Morgan fingerprint density at radius 2 is 1.79 bits per heavy atom. The van der Waals surface area contributed by atoms with E-state index in [0.717, 1.165) is 0 Å². The van der Waals surface area contributed by atoms with Crippen LogP contribution in [0.1, 0.15) is 42.9 Å². The lowest BCUT2D eigenvalue weighted by molar-refractivity contribution is 0.816. The van der Waals surface area contributed by atoms with Crippen LogP contribution in [-0.4, -0.2) is 0 Å². The first-order valence-electron chi connectivity index (χ1n) is 5.48. The molecule has 0 unspecified atom stereocenters. The van der Waals surface area contributed by atoms with Crippen molar-refractivity contribution < 1.29 is 0 Å². The van der Waals surface area contributed by atoms with Crippen molar-refractivity contribution in [3.05, 3.63) is 41.0 Å². The van der Waals surface area contributed by atoms with Gasteiger partial charge in [-0.2, -0.15) is 0 Å². The lowest BCUT2D eigenvalue weighted by Crippen LogP contribution is -1.84. The van der Waals surface area contributed by atoms with Crippen LogP contribution in [0.25, 0.3) is 6.08 Å². The standard InChI is InChI=1S/C14H20/c1-4-5-6-7-11-14-12(2)9-8-10-13(14)3/h7-11H,4-6H2,1-3H3. The molecule has 0 aliphatic heterocycles. The minimum absolute atomic E-state index is 1.20. The first-order chi connectivity index (χ1) is 6.75. The maximum atomic E-state index is 2.29. The molecule has 1 aromatic carbocycles. The number of benzene rings is 1. The third kappa shape index (κ3) is 3.02. The molecule has 0 aliphatic carbocycles. The van der Waals surface area contributed by atoms with Crippen LogP contribution < -0.4 is 0 Å². The highest BCUT2D eigenvalue weighted by Gasteiger charge is 1.96. The Hall–Kier alpha value is -1.04. The second-order valence-corrected chi connectivity index (χ2v) is 3.85. The van der Waals surface area contributed by atoms with Crippen molar-refractivity contribution in [1.29, 1.82) is 0 Å². The highest BCUT2D eigenvalue weighted by Crippen LogP contribution is 2.15. The molecule has 0 amide bonds. The van der Waals surface area contributed by atoms with E-state index in [0.29, 0.717) is 0 Å². The number of allylic oxidation sites excluding steroid dienone is 1. The van der Waals surface area contributed by atoms with Crippen molar-refractivity contribution in [3.63, 3.8) is 0 Å². The van der Waals surface area contributed by atoms with Gasteiger partial charge in [-0.1, -0.05) is 50.1 Å². The Morgan fingerprint density at radius 3 is 2.36 bits per heavy atom. The summed E-state index contributed by atoms with van der Waals surface area (Å²) in [5.41, 5.74) is 4.14. The third-order valence-electron chi connectivity index (χ3n) is 2.55. The van der Waals surface area contributed by atoms with Crippen molar-refractivity contribution in [1.82, 2.24) is 0 Å². The number of hydrogen-bond acceptors (Lipinski definition) is 0. The van der Waals surface area contributed by atoms with Gasteiger partial charge in [-0.3, -0.25) is 0 Å². The van der Waals surface area contributed by atoms with Crippen LogP contribution in [-0.2, 0) is 0 Å². The normalized spacial score (nSPS) is 11.1. The fourth-order valence-electron chi connectivity index (χ4n) is 1.61. The van der Waals surface area contributed by atoms with Crippen molar-refractivity contribution in [3.8, 4) is 0 Å². The molecule has 0 atom stereocenters. The van der Waals surface area contributed by atoms with Crippen molar-refractivity contribution in [2.24, 2.45) is 0 Å². The molecule has 76 valence electrons. The molecule has 14 heavy (non-hydrogen) atoms. The first-order valence-corrected chi connectivity index (χ1v) is 5.48. The molecule has 0 saturated carbocycles. The van der Waals surface area contributed by atoms with Crippen molar-refractivity contribution in [2.75, 3.05) is 0 Å². The lowest BCUT2D eigenvalue weighted by Gasteiger charge is -2.03. The van der Waals surface area contributed by atoms with E-state index in [1.165, 1.54) is 36.0 Å². The molecule has 0 heteroatoms. The smallest absolute Gasteiger partial charge is 0.0201 e. The number of unbranched alkanes of at least 4 members (excludes halogenated alkanes) is 2. The summed E-state index contributed by atoms with van der Waals surface area (Å²) in [6.45, 7) is 6.58. The fourth-order valence-corrected chi connectivity index (χ4v) is 1.61. The van der Waals surface area contributed by atoms with E-state index in [1.807, 2.05) is 0 Å². The van der Waals surface area contributed by atoms with E-state index in [-0.39, 0.29) is 0 Å². The van der Waals surface area contributed by atoms with Gasteiger partial charge in [-0.05, 0) is 37.0 Å².